The molecular weight excluding hydrogens is 316 g/mol. The molecule has 1 saturated heterocycles. The van der Waals surface area contributed by atoms with Gasteiger partial charge in [-0.1, -0.05) is 12.1 Å². The summed E-state index contributed by atoms with van der Waals surface area (Å²) in [5.74, 6) is 3.01. The van der Waals surface area contributed by atoms with Crippen LogP contribution < -0.4 is 4.74 Å². The highest BCUT2D eigenvalue weighted by molar-refractivity contribution is 8.01. The van der Waals surface area contributed by atoms with E-state index in [2.05, 4.69) is 12.1 Å². The Kier molecular flexibility index (Phi) is 7.46. The second kappa shape index (κ2) is 9.36. The first kappa shape index (κ1) is 17.5. The van der Waals surface area contributed by atoms with E-state index in [1.165, 1.54) is 12.0 Å². The van der Waals surface area contributed by atoms with Gasteiger partial charge in [0.2, 0.25) is 0 Å². The van der Waals surface area contributed by atoms with E-state index < -0.39 is 0 Å². The van der Waals surface area contributed by atoms with Gasteiger partial charge in [-0.2, -0.15) is 23.5 Å². The molecule has 2 atom stereocenters. The highest BCUT2D eigenvalue weighted by atomic mass is 32.2. The number of carbonyl (C=O) groups is 1. The van der Waals surface area contributed by atoms with Crippen molar-refractivity contribution >= 4 is 29.5 Å². The summed E-state index contributed by atoms with van der Waals surface area (Å²) >= 11 is 3.92. The molecule has 5 heteroatoms. The molecule has 1 heterocycles. The molecule has 0 radical (unpaired) electrons. The first-order chi connectivity index (χ1) is 10.7. The monoisotopic (exact) mass is 340 g/mol. The summed E-state index contributed by atoms with van der Waals surface area (Å²) in [5, 5.41) is 1.06. The molecule has 0 aliphatic carbocycles. The molecular formula is C17H24O3S2. The van der Waals surface area contributed by atoms with E-state index in [1.807, 2.05) is 42.6 Å². The summed E-state index contributed by atoms with van der Waals surface area (Å²) in [7, 11) is 1.69. The van der Waals surface area contributed by atoms with Crippen molar-refractivity contribution in [2.24, 2.45) is 0 Å². The van der Waals surface area contributed by atoms with E-state index >= 15 is 0 Å². The van der Waals surface area contributed by atoms with E-state index in [0.29, 0.717) is 23.5 Å². The fraction of sp³-hybridized carbons (Fsp3) is 0.588. The SMILES string of the molecule is CCOC(=O)CC1CC(SCc2ccc(OC)cc2)CCS1. The number of rotatable bonds is 7. The average Bonchev–Trinajstić information content (AvgIpc) is 2.54. The van der Waals surface area contributed by atoms with Crippen molar-refractivity contribution in [2.75, 3.05) is 19.5 Å². The minimum absolute atomic E-state index is 0.0548. The van der Waals surface area contributed by atoms with Gasteiger partial charge in [-0.15, -0.1) is 0 Å². The Hall–Kier alpha value is -0.810. The molecule has 0 spiro atoms. The first-order valence-corrected chi connectivity index (χ1v) is 9.82. The fourth-order valence-corrected chi connectivity index (χ4v) is 5.40. The van der Waals surface area contributed by atoms with E-state index in [-0.39, 0.29) is 5.97 Å². The third-order valence-corrected chi connectivity index (χ3v) is 6.37. The first-order valence-electron chi connectivity index (χ1n) is 7.73. The van der Waals surface area contributed by atoms with E-state index in [4.69, 9.17) is 9.47 Å². The molecule has 0 aromatic heterocycles. The Balaban J connectivity index is 1.76. The molecule has 2 rings (SSSR count). The van der Waals surface area contributed by atoms with Gasteiger partial charge in [-0.05, 0) is 43.2 Å². The summed E-state index contributed by atoms with van der Waals surface area (Å²) in [4.78, 5) is 11.6. The maximum absolute atomic E-state index is 11.6. The van der Waals surface area contributed by atoms with E-state index in [9.17, 15) is 4.79 Å². The lowest BCUT2D eigenvalue weighted by molar-refractivity contribution is -0.143. The third-order valence-electron chi connectivity index (χ3n) is 3.66. The zero-order valence-corrected chi connectivity index (χ0v) is 14.9. The lowest BCUT2D eigenvalue weighted by Gasteiger charge is -2.27. The Morgan fingerprint density at radius 1 is 1.36 bits per heavy atom. The van der Waals surface area contributed by atoms with Crippen LogP contribution in [0.4, 0.5) is 0 Å². The molecule has 1 aromatic rings. The Labute approximate surface area is 141 Å². The fourth-order valence-electron chi connectivity index (χ4n) is 2.48. The van der Waals surface area contributed by atoms with E-state index in [0.717, 1.165) is 23.7 Å². The smallest absolute Gasteiger partial charge is 0.306 e. The molecule has 122 valence electrons. The van der Waals surface area contributed by atoms with Crippen LogP contribution in [0.1, 0.15) is 31.7 Å². The summed E-state index contributed by atoms with van der Waals surface area (Å²) in [6.45, 7) is 2.34. The van der Waals surface area contributed by atoms with Crippen molar-refractivity contribution in [1.82, 2.24) is 0 Å². The van der Waals surface area contributed by atoms with Crippen LogP contribution in [-0.4, -0.2) is 35.9 Å². The Morgan fingerprint density at radius 2 is 2.14 bits per heavy atom. The van der Waals surface area contributed by atoms with Crippen molar-refractivity contribution < 1.29 is 14.3 Å². The number of ether oxygens (including phenoxy) is 2. The highest BCUT2D eigenvalue weighted by Gasteiger charge is 2.25. The van der Waals surface area contributed by atoms with Gasteiger partial charge in [0.25, 0.3) is 0 Å². The molecule has 0 saturated carbocycles. The summed E-state index contributed by atoms with van der Waals surface area (Å²) < 4.78 is 10.2. The summed E-state index contributed by atoms with van der Waals surface area (Å²) in [5.41, 5.74) is 1.32. The number of carbonyl (C=O) groups excluding carboxylic acids is 1. The maximum atomic E-state index is 11.6. The number of thioether (sulfide) groups is 2. The topological polar surface area (TPSA) is 35.5 Å². The lowest BCUT2D eigenvalue weighted by atomic mass is 10.1. The van der Waals surface area contributed by atoms with Crippen LogP contribution in [0.25, 0.3) is 0 Å². The van der Waals surface area contributed by atoms with Crippen molar-refractivity contribution in [1.29, 1.82) is 0 Å². The van der Waals surface area contributed by atoms with Gasteiger partial charge < -0.3 is 9.47 Å². The highest BCUT2D eigenvalue weighted by Crippen LogP contribution is 2.35. The van der Waals surface area contributed by atoms with Gasteiger partial charge in [0.1, 0.15) is 5.75 Å². The molecule has 1 aromatic carbocycles. The van der Waals surface area contributed by atoms with Crippen LogP contribution in [-0.2, 0) is 15.3 Å². The maximum Gasteiger partial charge on any atom is 0.306 e. The van der Waals surface area contributed by atoms with Crippen LogP contribution in [0, 0.1) is 0 Å². The quantitative estimate of drug-likeness (QED) is 0.697. The third kappa shape index (κ3) is 5.76. The van der Waals surface area contributed by atoms with Gasteiger partial charge in [0.05, 0.1) is 20.1 Å². The number of hydrogen-bond donors (Lipinski definition) is 0. The van der Waals surface area contributed by atoms with Gasteiger partial charge in [0.15, 0.2) is 0 Å². The lowest BCUT2D eigenvalue weighted by Crippen LogP contribution is -2.23. The molecule has 0 bridgehead atoms. The van der Waals surface area contributed by atoms with Crippen LogP contribution in [0.15, 0.2) is 24.3 Å². The zero-order chi connectivity index (χ0) is 15.8. The molecule has 22 heavy (non-hydrogen) atoms. The predicted octanol–water partition coefficient (Wildman–Crippen LogP) is 4.15. The van der Waals surface area contributed by atoms with Gasteiger partial charge >= 0.3 is 5.97 Å². The van der Waals surface area contributed by atoms with Crippen LogP contribution in [0.5, 0.6) is 5.75 Å². The normalized spacial score (nSPS) is 21.4. The Morgan fingerprint density at radius 3 is 2.82 bits per heavy atom. The number of benzene rings is 1. The standard InChI is InChI=1S/C17H24O3S2/c1-3-20-17(18)11-16-10-15(8-9-21-16)22-12-13-4-6-14(19-2)7-5-13/h4-7,15-16H,3,8-12H2,1-2H3. The van der Waals surface area contributed by atoms with Crippen LogP contribution >= 0.6 is 23.5 Å². The van der Waals surface area contributed by atoms with Crippen LogP contribution in [0.2, 0.25) is 0 Å². The molecule has 0 amide bonds. The van der Waals surface area contributed by atoms with Crippen molar-refractivity contribution in [2.45, 2.75) is 42.4 Å². The minimum atomic E-state index is -0.0548. The molecule has 3 nitrogen and oxygen atoms in total. The van der Waals surface area contributed by atoms with Crippen molar-refractivity contribution in [3.63, 3.8) is 0 Å². The van der Waals surface area contributed by atoms with Crippen molar-refractivity contribution in [3.8, 4) is 5.75 Å². The number of methoxy groups -OCH3 is 1. The van der Waals surface area contributed by atoms with Gasteiger partial charge in [-0.3, -0.25) is 4.79 Å². The molecule has 1 aliphatic heterocycles. The predicted molar refractivity (Wildman–Crippen MR) is 94.8 cm³/mol. The molecule has 1 aliphatic rings. The second-order valence-electron chi connectivity index (χ2n) is 5.31. The zero-order valence-electron chi connectivity index (χ0n) is 13.2. The Bertz CT molecular complexity index is 461. The number of esters is 1. The van der Waals surface area contributed by atoms with Gasteiger partial charge in [-0.25, -0.2) is 0 Å². The second-order valence-corrected chi connectivity index (χ2v) is 8.00. The number of hydrogen-bond acceptors (Lipinski definition) is 5. The minimum Gasteiger partial charge on any atom is -0.497 e. The largest absolute Gasteiger partial charge is 0.497 e. The molecule has 1 fully saturated rings. The summed E-state index contributed by atoms with van der Waals surface area (Å²) in [6.07, 6.45) is 2.88. The van der Waals surface area contributed by atoms with Crippen molar-refractivity contribution in [3.05, 3.63) is 29.8 Å². The van der Waals surface area contributed by atoms with Crippen LogP contribution in [0.3, 0.4) is 0 Å². The van der Waals surface area contributed by atoms with E-state index in [1.54, 1.807) is 7.11 Å². The van der Waals surface area contributed by atoms with Gasteiger partial charge in [0, 0.05) is 16.3 Å². The summed E-state index contributed by atoms with van der Waals surface area (Å²) in [6, 6.07) is 8.27. The molecule has 0 N–H and O–H groups in total. The average molecular weight is 341 g/mol. The molecule has 2 unspecified atom stereocenters.